The van der Waals surface area contributed by atoms with E-state index in [1.807, 2.05) is 12.3 Å². The number of aromatic nitrogens is 2. The van der Waals surface area contributed by atoms with E-state index in [1.165, 1.54) is 11.8 Å². The molecule has 1 fully saturated rings. The van der Waals surface area contributed by atoms with Gasteiger partial charge in [-0.25, -0.2) is 0 Å². The number of hydrogen-bond donors (Lipinski definition) is 1. The number of thioether (sulfide) groups is 1. The molecule has 1 saturated carbocycles. The molecular formula is C13H14Cl3N3OS. The van der Waals surface area contributed by atoms with Crippen LogP contribution in [0.15, 0.2) is 21.6 Å². The zero-order valence-corrected chi connectivity index (χ0v) is 14.4. The van der Waals surface area contributed by atoms with Gasteiger partial charge in [0.1, 0.15) is 0 Å². The van der Waals surface area contributed by atoms with Gasteiger partial charge in [0.05, 0.1) is 21.1 Å². The van der Waals surface area contributed by atoms with Crippen LogP contribution in [0.25, 0.3) is 11.5 Å². The predicted octanol–water partition coefficient (Wildman–Crippen LogP) is 4.53. The Hall–Kier alpha value is -0.460. The van der Waals surface area contributed by atoms with E-state index in [-0.39, 0.29) is 12.4 Å². The van der Waals surface area contributed by atoms with Crippen LogP contribution in [0.5, 0.6) is 0 Å². The van der Waals surface area contributed by atoms with Gasteiger partial charge in [-0.05, 0) is 37.7 Å². The maximum Gasteiger partial charge on any atom is 0.259 e. The van der Waals surface area contributed by atoms with Crippen molar-refractivity contribution in [3.8, 4) is 11.5 Å². The summed E-state index contributed by atoms with van der Waals surface area (Å²) in [7, 11) is 0. The minimum atomic E-state index is -0.441. The third-order valence-electron chi connectivity index (χ3n) is 3.59. The predicted molar refractivity (Wildman–Crippen MR) is 88.5 cm³/mol. The van der Waals surface area contributed by atoms with Crippen molar-refractivity contribution in [3.05, 3.63) is 28.0 Å². The summed E-state index contributed by atoms with van der Waals surface area (Å²) in [6.45, 7) is 0. The van der Waals surface area contributed by atoms with Gasteiger partial charge in [-0.15, -0.1) is 24.2 Å². The van der Waals surface area contributed by atoms with E-state index in [0.29, 0.717) is 27.3 Å². The Morgan fingerprint density at radius 3 is 2.57 bits per heavy atom. The smallest absolute Gasteiger partial charge is 0.259 e. The van der Waals surface area contributed by atoms with Gasteiger partial charge in [0.25, 0.3) is 5.89 Å². The van der Waals surface area contributed by atoms with E-state index in [2.05, 4.69) is 10.1 Å². The van der Waals surface area contributed by atoms with Crippen molar-refractivity contribution in [2.24, 2.45) is 5.73 Å². The first-order chi connectivity index (χ1) is 9.53. The molecule has 2 aromatic rings. The van der Waals surface area contributed by atoms with E-state index < -0.39 is 5.54 Å². The number of nitrogens with two attached hydrogens (primary N) is 1. The van der Waals surface area contributed by atoms with Gasteiger partial charge in [-0.1, -0.05) is 28.4 Å². The molecule has 0 bridgehead atoms. The molecule has 0 radical (unpaired) electrons. The van der Waals surface area contributed by atoms with Crippen molar-refractivity contribution in [2.45, 2.75) is 29.7 Å². The summed E-state index contributed by atoms with van der Waals surface area (Å²) >= 11 is 13.9. The van der Waals surface area contributed by atoms with Crippen LogP contribution in [-0.2, 0) is 5.54 Å². The number of hydrogen-bond acceptors (Lipinski definition) is 5. The lowest BCUT2D eigenvalue weighted by Gasteiger charge is -2.34. The normalized spacial score (nSPS) is 16.2. The summed E-state index contributed by atoms with van der Waals surface area (Å²) in [5, 5.41) is 5.10. The third kappa shape index (κ3) is 3.03. The molecule has 0 unspecified atom stereocenters. The summed E-state index contributed by atoms with van der Waals surface area (Å²) in [6.07, 6.45) is 4.81. The first-order valence-corrected chi connectivity index (χ1v) is 8.18. The molecule has 0 amide bonds. The Kier molecular flexibility index (Phi) is 5.11. The van der Waals surface area contributed by atoms with Gasteiger partial charge < -0.3 is 10.3 Å². The molecule has 2 N–H and O–H groups in total. The lowest BCUT2D eigenvalue weighted by molar-refractivity contribution is 0.229. The van der Waals surface area contributed by atoms with Crippen molar-refractivity contribution >= 4 is 47.4 Å². The van der Waals surface area contributed by atoms with E-state index in [4.69, 9.17) is 33.5 Å². The monoisotopic (exact) mass is 365 g/mol. The maximum absolute atomic E-state index is 6.21. The van der Waals surface area contributed by atoms with Crippen LogP contribution >= 0.6 is 47.4 Å². The molecule has 1 aromatic carbocycles. The zero-order valence-electron chi connectivity index (χ0n) is 11.2. The molecule has 21 heavy (non-hydrogen) atoms. The van der Waals surface area contributed by atoms with Crippen molar-refractivity contribution < 1.29 is 4.52 Å². The van der Waals surface area contributed by atoms with Gasteiger partial charge in [-0.2, -0.15) is 4.98 Å². The Balaban J connectivity index is 0.00000161. The molecule has 0 atom stereocenters. The van der Waals surface area contributed by atoms with Gasteiger partial charge in [0.15, 0.2) is 5.82 Å². The standard InChI is InChI=1S/C13H13Cl2N3OS.ClH/c1-20-10-5-7(8(14)6-9(10)15)11-17-12(18-19-11)13(16)3-2-4-13;/h5-6H,2-4,16H2,1H3;1H. The quantitative estimate of drug-likeness (QED) is 0.809. The molecule has 0 aliphatic heterocycles. The average Bonchev–Trinajstić information content (AvgIpc) is 2.86. The molecule has 4 nitrogen and oxygen atoms in total. The molecule has 1 aliphatic rings. The molecule has 1 heterocycles. The molecule has 0 spiro atoms. The van der Waals surface area contributed by atoms with E-state index in [1.54, 1.807) is 6.07 Å². The van der Waals surface area contributed by atoms with E-state index in [0.717, 1.165) is 24.2 Å². The van der Waals surface area contributed by atoms with Crippen LogP contribution in [-0.4, -0.2) is 16.4 Å². The molecule has 1 aliphatic carbocycles. The fourth-order valence-corrected chi connectivity index (χ4v) is 3.35. The zero-order chi connectivity index (χ0) is 14.3. The largest absolute Gasteiger partial charge is 0.334 e. The fourth-order valence-electron chi connectivity index (χ4n) is 2.17. The highest BCUT2D eigenvalue weighted by atomic mass is 35.5. The summed E-state index contributed by atoms with van der Waals surface area (Å²) in [5.41, 5.74) is 6.43. The fraction of sp³-hybridized carbons (Fsp3) is 0.385. The molecule has 8 heteroatoms. The van der Waals surface area contributed by atoms with E-state index in [9.17, 15) is 0 Å². The molecular weight excluding hydrogens is 353 g/mol. The minimum absolute atomic E-state index is 0. The summed E-state index contributed by atoms with van der Waals surface area (Å²) in [5.74, 6) is 0.934. The Labute approximate surface area is 143 Å². The van der Waals surface area contributed by atoms with Gasteiger partial charge in [0.2, 0.25) is 0 Å². The van der Waals surface area contributed by atoms with Crippen molar-refractivity contribution in [1.29, 1.82) is 0 Å². The second kappa shape index (κ2) is 6.34. The number of nitrogens with zero attached hydrogens (tertiary/aromatic N) is 2. The molecule has 114 valence electrons. The number of benzene rings is 1. The highest BCUT2D eigenvalue weighted by Gasteiger charge is 2.39. The average molecular weight is 367 g/mol. The van der Waals surface area contributed by atoms with Crippen LogP contribution in [0, 0.1) is 0 Å². The Morgan fingerprint density at radius 2 is 2.00 bits per heavy atom. The van der Waals surface area contributed by atoms with Crippen molar-refractivity contribution in [1.82, 2.24) is 10.1 Å². The van der Waals surface area contributed by atoms with Crippen LogP contribution in [0.2, 0.25) is 10.0 Å². The second-order valence-electron chi connectivity index (χ2n) is 4.90. The van der Waals surface area contributed by atoms with Crippen LogP contribution in [0.4, 0.5) is 0 Å². The van der Waals surface area contributed by atoms with E-state index >= 15 is 0 Å². The van der Waals surface area contributed by atoms with Crippen molar-refractivity contribution in [3.63, 3.8) is 0 Å². The number of halogens is 3. The minimum Gasteiger partial charge on any atom is -0.334 e. The van der Waals surface area contributed by atoms with Crippen LogP contribution in [0.1, 0.15) is 25.1 Å². The Morgan fingerprint density at radius 1 is 1.29 bits per heavy atom. The van der Waals surface area contributed by atoms with Crippen LogP contribution < -0.4 is 5.73 Å². The molecule has 1 aromatic heterocycles. The van der Waals surface area contributed by atoms with Gasteiger partial charge in [-0.3, -0.25) is 0 Å². The topological polar surface area (TPSA) is 64.9 Å². The highest BCUT2D eigenvalue weighted by Crippen LogP contribution is 2.39. The molecule has 0 saturated heterocycles. The first-order valence-electron chi connectivity index (χ1n) is 6.20. The summed E-state index contributed by atoms with van der Waals surface area (Å²) in [6, 6.07) is 3.55. The van der Waals surface area contributed by atoms with Gasteiger partial charge in [0, 0.05) is 4.90 Å². The number of rotatable bonds is 3. The Bertz CT molecular complexity index is 658. The summed E-state index contributed by atoms with van der Waals surface area (Å²) < 4.78 is 5.32. The lowest BCUT2D eigenvalue weighted by atomic mass is 9.77. The first kappa shape index (κ1) is 16.9. The highest BCUT2D eigenvalue weighted by molar-refractivity contribution is 7.98. The third-order valence-corrected chi connectivity index (χ3v) is 5.10. The lowest BCUT2D eigenvalue weighted by Crippen LogP contribution is -2.44. The SMILES string of the molecule is CSc1cc(-c2nc(C3(N)CCC3)no2)c(Cl)cc1Cl.Cl. The molecule has 3 rings (SSSR count). The maximum atomic E-state index is 6.21. The van der Waals surface area contributed by atoms with Crippen LogP contribution in [0.3, 0.4) is 0 Å². The second-order valence-corrected chi connectivity index (χ2v) is 6.56. The summed E-state index contributed by atoms with van der Waals surface area (Å²) in [4.78, 5) is 5.31. The van der Waals surface area contributed by atoms with Crippen molar-refractivity contribution in [2.75, 3.05) is 6.26 Å². The van der Waals surface area contributed by atoms with Gasteiger partial charge >= 0.3 is 0 Å².